The van der Waals surface area contributed by atoms with Crippen molar-refractivity contribution in [2.45, 2.75) is 18.6 Å². The summed E-state index contributed by atoms with van der Waals surface area (Å²) in [7, 11) is 0. The molecular formula is C19H16N2O2S. The predicted molar refractivity (Wildman–Crippen MR) is 93.9 cm³/mol. The third-order valence-electron chi connectivity index (χ3n) is 4.37. The van der Waals surface area contributed by atoms with Crippen LogP contribution in [-0.4, -0.2) is 22.1 Å². The maximum Gasteiger partial charge on any atom is 0.251 e. The normalized spacial score (nSPS) is 19.0. The van der Waals surface area contributed by atoms with E-state index in [0.717, 1.165) is 22.4 Å². The maximum atomic E-state index is 12.5. The summed E-state index contributed by atoms with van der Waals surface area (Å²) in [5.41, 5.74) is 6.35. The van der Waals surface area contributed by atoms with E-state index in [4.69, 9.17) is 0 Å². The van der Waals surface area contributed by atoms with Gasteiger partial charge in [-0.05, 0) is 23.3 Å². The van der Waals surface area contributed by atoms with Crippen molar-refractivity contribution in [2.24, 2.45) is 0 Å². The Kier molecular flexibility index (Phi) is 3.88. The molecule has 1 amide bonds. The fourth-order valence-corrected chi connectivity index (χ4v) is 3.68. The van der Waals surface area contributed by atoms with Gasteiger partial charge in [0.05, 0.1) is 23.4 Å². The number of fused-ring (bicyclic) bond motifs is 1. The van der Waals surface area contributed by atoms with Gasteiger partial charge in [0.2, 0.25) is 0 Å². The number of carbonyl (C=O) groups excluding carboxylic acids is 1. The average molecular weight is 336 g/mol. The monoisotopic (exact) mass is 336 g/mol. The van der Waals surface area contributed by atoms with Crippen molar-refractivity contribution in [3.05, 3.63) is 76.1 Å². The highest BCUT2D eigenvalue weighted by Crippen LogP contribution is 2.31. The minimum absolute atomic E-state index is 0.180. The number of aliphatic hydroxyl groups is 1. The highest BCUT2D eigenvalue weighted by Gasteiger charge is 2.31. The van der Waals surface area contributed by atoms with Crippen molar-refractivity contribution in [3.8, 4) is 11.3 Å². The van der Waals surface area contributed by atoms with Crippen LogP contribution in [0.25, 0.3) is 11.3 Å². The fourth-order valence-electron chi connectivity index (χ4n) is 3.12. The molecule has 1 heterocycles. The number of rotatable bonds is 3. The fraction of sp³-hybridized carbons (Fsp3) is 0.158. The second-order valence-corrected chi connectivity index (χ2v) is 6.59. The number of aromatic nitrogens is 1. The van der Waals surface area contributed by atoms with Gasteiger partial charge in [0.25, 0.3) is 5.91 Å². The molecule has 2 unspecified atom stereocenters. The van der Waals surface area contributed by atoms with Crippen LogP contribution in [0.15, 0.2) is 59.4 Å². The van der Waals surface area contributed by atoms with E-state index in [1.807, 2.05) is 41.8 Å². The van der Waals surface area contributed by atoms with Gasteiger partial charge in [-0.25, -0.2) is 4.98 Å². The second-order valence-electron chi connectivity index (χ2n) is 5.87. The third-order valence-corrected chi connectivity index (χ3v) is 4.95. The Balaban J connectivity index is 1.52. The summed E-state index contributed by atoms with van der Waals surface area (Å²) in [5.74, 6) is -0.180. The van der Waals surface area contributed by atoms with Gasteiger partial charge in [0.15, 0.2) is 0 Å². The quantitative estimate of drug-likeness (QED) is 0.772. The molecule has 4 nitrogen and oxygen atoms in total. The number of hydrogen-bond acceptors (Lipinski definition) is 4. The van der Waals surface area contributed by atoms with Gasteiger partial charge in [-0.15, -0.1) is 11.3 Å². The van der Waals surface area contributed by atoms with E-state index in [-0.39, 0.29) is 11.9 Å². The van der Waals surface area contributed by atoms with Gasteiger partial charge in [-0.1, -0.05) is 36.4 Å². The van der Waals surface area contributed by atoms with Gasteiger partial charge in [-0.2, -0.15) is 0 Å². The van der Waals surface area contributed by atoms with Crippen LogP contribution in [0, 0.1) is 0 Å². The molecule has 0 aliphatic heterocycles. The zero-order valence-electron chi connectivity index (χ0n) is 12.8. The number of thiazole rings is 1. The van der Waals surface area contributed by atoms with Crippen LogP contribution in [0.2, 0.25) is 0 Å². The minimum Gasteiger partial charge on any atom is -0.390 e. The molecule has 0 saturated carbocycles. The van der Waals surface area contributed by atoms with E-state index in [1.165, 1.54) is 0 Å². The van der Waals surface area contributed by atoms with Gasteiger partial charge in [0.1, 0.15) is 0 Å². The molecule has 2 atom stereocenters. The molecule has 24 heavy (non-hydrogen) atoms. The summed E-state index contributed by atoms with van der Waals surface area (Å²) in [4.78, 5) is 16.8. The topological polar surface area (TPSA) is 62.2 Å². The second kappa shape index (κ2) is 6.19. The molecule has 0 fully saturated rings. The first-order chi connectivity index (χ1) is 11.7. The van der Waals surface area contributed by atoms with E-state index >= 15 is 0 Å². The highest BCUT2D eigenvalue weighted by molar-refractivity contribution is 7.07. The summed E-state index contributed by atoms with van der Waals surface area (Å²) in [6, 6.07) is 14.8. The molecule has 2 N–H and O–H groups in total. The molecule has 5 heteroatoms. The summed E-state index contributed by atoms with van der Waals surface area (Å²) in [6.07, 6.45) is -0.00945. The minimum atomic E-state index is -0.583. The smallest absolute Gasteiger partial charge is 0.251 e. The maximum absolute atomic E-state index is 12.5. The Morgan fingerprint density at radius 2 is 1.96 bits per heavy atom. The number of benzene rings is 2. The lowest BCUT2D eigenvalue weighted by Gasteiger charge is -2.18. The number of hydrogen-bond donors (Lipinski definition) is 2. The summed E-state index contributed by atoms with van der Waals surface area (Å²) < 4.78 is 0. The molecule has 0 bridgehead atoms. The van der Waals surface area contributed by atoms with Gasteiger partial charge < -0.3 is 10.4 Å². The largest absolute Gasteiger partial charge is 0.390 e. The number of aliphatic hydroxyl groups excluding tert-OH is 1. The average Bonchev–Trinajstić information content (AvgIpc) is 3.24. The number of carbonyl (C=O) groups is 1. The summed E-state index contributed by atoms with van der Waals surface area (Å²) in [5, 5.41) is 15.2. The van der Waals surface area contributed by atoms with E-state index < -0.39 is 6.10 Å². The van der Waals surface area contributed by atoms with Crippen molar-refractivity contribution in [2.75, 3.05) is 0 Å². The molecule has 0 saturated heterocycles. The molecule has 0 radical (unpaired) electrons. The molecule has 0 spiro atoms. The zero-order chi connectivity index (χ0) is 16.5. The van der Waals surface area contributed by atoms with Crippen LogP contribution >= 0.6 is 11.3 Å². The first kappa shape index (κ1) is 15.1. The van der Waals surface area contributed by atoms with E-state index in [2.05, 4.69) is 10.3 Å². The standard InChI is InChI=1S/C19H16N2O2S/c22-17-9-14-3-1-2-4-15(14)18(17)21-19(23)13-7-5-12(6-8-13)16-10-24-11-20-16/h1-8,10-11,17-18,22H,9H2,(H,21,23). The Bertz CT molecular complexity index is 859. The van der Waals surface area contributed by atoms with Crippen molar-refractivity contribution < 1.29 is 9.90 Å². The summed E-state index contributed by atoms with van der Waals surface area (Å²) in [6.45, 7) is 0. The first-order valence-electron chi connectivity index (χ1n) is 7.78. The van der Waals surface area contributed by atoms with Crippen LogP contribution in [0.3, 0.4) is 0 Å². The van der Waals surface area contributed by atoms with Gasteiger partial charge in [-0.3, -0.25) is 4.79 Å². The molecule has 1 aliphatic rings. The van der Waals surface area contributed by atoms with E-state index in [9.17, 15) is 9.90 Å². The Labute approximate surface area is 143 Å². The van der Waals surface area contributed by atoms with Crippen LogP contribution in [0.1, 0.15) is 27.5 Å². The lowest BCUT2D eigenvalue weighted by atomic mass is 10.1. The predicted octanol–water partition coefficient (Wildman–Crippen LogP) is 3.20. The Hall–Kier alpha value is -2.50. The molecule has 3 aromatic rings. The number of nitrogens with one attached hydrogen (secondary N) is 1. The van der Waals surface area contributed by atoms with Crippen LogP contribution in [0.4, 0.5) is 0 Å². The molecular weight excluding hydrogens is 320 g/mol. The highest BCUT2D eigenvalue weighted by atomic mass is 32.1. The van der Waals surface area contributed by atoms with Gasteiger partial charge in [0, 0.05) is 22.9 Å². The lowest BCUT2D eigenvalue weighted by molar-refractivity contribution is 0.0858. The van der Waals surface area contributed by atoms with E-state index in [0.29, 0.717) is 12.0 Å². The molecule has 4 rings (SSSR count). The van der Waals surface area contributed by atoms with Crippen LogP contribution in [-0.2, 0) is 6.42 Å². The molecule has 120 valence electrons. The SMILES string of the molecule is O=C(NC1c2ccccc2CC1O)c1ccc(-c2cscn2)cc1. The van der Waals surface area contributed by atoms with Crippen molar-refractivity contribution in [1.82, 2.24) is 10.3 Å². The lowest BCUT2D eigenvalue weighted by Crippen LogP contribution is -2.33. The Morgan fingerprint density at radius 1 is 1.17 bits per heavy atom. The number of nitrogens with zero attached hydrogens (tertiary/aromatic N) is 1. The Morgan fingerprint density at radius 3 is 2.71 bits per heavy atom. The zero-order valence-corrected chi connectivity index (χ0v) is 13.7. The molecule has 1 aromatic heterocycles. The van der Waals surface area contributed by atoms with Crippen LogP contribution in [0.5, 0.6) is 0 Å². The van der Waals surface area contributed by atoms with Crippen molar-refractivity contribution in [1.29, 1.82) is 0 Å². The summed E-state index contributed by atoms with van der Waals surface area (Å²) >= 11 is 1.54. The molecule has 1 aliphatic carbocycles. The number of amides is 1. The third kappa shape index (κ3) is 2.72. The first-order valence-corrected chi connectivity index (χ1v) is 8.72. The van der Waals surface area contributed by atoms with Crippen LogP contribution < -0.4 is 5.32 Å². The van der Waals surface area contributed by atoms with E-state index in [1.54, 1.807) is 29.0 Å². The van der Waals surface area contributed by atoms with Crippen molar-refractivity contribution >= 4 is 17.2 Å². The van der Waals surface area contributed by atoms with Crippen molar-refractivity contribution in [3.63, 3.8) is 0 Å². The molecule has 2 aromatic carbocycles. The van der Waals surface area contributed by atoms with Gasteiger partial charge >= 0.3 is 0 Å².